The zero-order chi connectivity index (χ0) is 15.6. The molecule has 2 aromatic heterocycles. The summed E-state index contributed by atoms with van der Waals surface area (Å²) in [6.45, 7) is 8.00. The molecule has 1 amide bonds. The average molecular weight is 289 g/mol. The minimum atomic E-state index is -0.904. The van der Waals surface area contributed by atoms with Gasteiger partial charge in [0.2, 0.25) is 0 Å². The second kappa shape index (κ2) is 5.85. The van der Waals surface area contributed by atoms with E-state index in [1.54, 1.807) is 13.1 Å². The van der Waals surface area contributed by atoms with Crippen LogP contribution in [-0.4, -0.2) is 32.5 Å². The lowest BCUT2D eigenvalue weighted by molar-refractivity contribution is 0.0367. The summed E-state index contributed by atoms with van der Waals surface area (Å²) in [5.41, 5.74) is 1.23. The number of imidazole rings is 1. The number of aryl methyl sites for hydroxylation is 1. The maximum absolute atomic E-state index is 12.2. The van der Waals surface area contributed by atoms with Gasteiger partial charge in [-0.2, -0.15) is 0 Å². The number of amides is 1. The summed E-state index contributed by atoms with van der Waals surface area (Å²) in [6, 6.07) is 5.73. The van der Waals surface area contributed by atoms with Gasteiger partial charge in [0, 0.05) is 18.4 Å². The van der Waals surface area contributed by atoms with E-state index in [0.717, 1.165) is 11.3 Å². The third-order valence-corrected chi connectivity index (χ3v) is 3.41. The van der Waals surface area contributed by atoms with Crippen molar-refractivity contribution in [3.63, 3.8) is 0 Å². The Kier molecular flexibility index (Phi) is 4.32. The van der Waals surface area contributed by atoms with Crippen LogP contribution in [0.2, 0.25) is 0 Å². The largest absolute Gasteiger partial charge is 0.388 e. The molecule has 0 fully saturated rings. The molecular weight excluding hydrogens is 266 g/mol. The van der Waals surface area contributed by atoms with Crippen LogP contribution in [0.4, 0.5) is 0 Å². The Morgan fingerprint density at radius 2 is 2.19 bits per heavy atom. The van der Waals surface area contributed by atoms with Gasteiger partial charge in [-0.1, -0.05) is 19.9 Å². The van der Waals surface area contributed by atoms with Crippen LogP contribution in [0.25, 0.3) is 5.65 Å². The predicted molar refractivity (Wildman–Crippen MR) is 82.3 cm³/mol. The van der Waals surface area contributed by atoms with Gasteiger partial charge in [-0.05, 0) is 38.3 Å². The fourth-order valence-electron chi connectivity index (χ4n) is 2.57. The summed E-state index contributed by atoms with van der Waals surface area (Å²) in [4.78, 5) is 16.5. The van der Waals surface area contributed by atoms with E-state index in [0.29, 0.717) is 18.0 Å². The monoisotopic (exact) mass is 289 g/mol. The van der Waals surface area contributed by atoms with Crippen molar-refractivity contribution < 1.29 is 9.90 Å². The van der Waals surface area contributed by atoms with Gasteiger partial charge >= 0.3 is 0 Å². The Morgan fingerprint density at radius 1 is 1.48 bits per heavy atom. The van der Waals surface area contributed by atoms with Crippen LogP contribution in [-0.2, 0) is 0 Å². The lowest BCUT2D eigenvalue weighted by atomic mass is 9.94. The van der Waals surface area contributed by atoms with Gasteiger partial charge in [0.25, 0.3) is 5.91 Å². The zero-order valence-corrected chi connectivity index (χ0v) is 13.1. The van der Waals surface area contributed by atoms with E-state index in [9.17, 15) is 9.90 Å². The summed E-state index contributed by atoms with van der Waals surface area (Å²) in [7, 11) is 0. The number of hydrogen-bond acceptors (Lipinski definition) is 3. The van der Waals surface area contributed by atoms with Gasteiger partial charge in [-0.3, -0.25) is 4.79 Å². The minimum Gasteiger partial charge on any atom is -0.388 e. The molecule has 0 radical (unpaired) electrons. The number of hydrogen-bond donors (Lipinski definition) is 2. The summed E-state index contributed by atoms with van der Waals surface area (Å²) >= 11 is 0. The summed E-state index contributed by atoms with van der Waals surface area (Å²) < 4.78 is 1.88. The maximum atomic E-state index is 12.2. The molecule has 0 aliphatic heterocycles. The highest BCUT2D eigenvalue weighted by molar-refractivity contribution is 5.92. The molecular formula is C16H23N3O2. The van der Waals surface area contributed by atoms with Crippen LogP contribution in [0.5, 0.6) is 0 Å². The van der Waals surface area contributed by atoms with E-state index in [4.69, 9.17) is 0 Å². The minimum absolute atomic E-state index is 0.219. The predicted octanol–water partition coefficient (Wildman–Crippen LogP) is 2.17. The molecule has 0 aliphatic carbocycles. The number of nitrogens with one attached hydrogen (secondary N) is 1. The molecule has 5 nitrogen and oxygen atoms in total. The number of carbonyl (C=O) groups excluding carboxylic acids is 1. The third-order valence-electron chi connectivity index (χ3n) is 3.41. The van der Waals surface area contributed by atoms with Crippen molar-refractivity contribution in [2.45, 2.75) is 39.7 Å². The first kappa shape index (κ1) is 15.5. The van der Waals surface area contributed by atoms with E-state index in [2.05, 4.69) is 10.3 Å². The number of rotatable bonds is 5. The first-order chi connectivity index (χ1) is 9.78. The van der Waals surface area contributed by atoms with E-state index in [-0.39, 0.29) is 12.5 Å². The summed E-state index contributed by atoms with van der Waals surface area (Å²) in [5, 5.41) is 13.0. The average Bonchev–Trinajstić information content (AvgIpc) is 2.80. The van der Waals surface area contributed by atoms with Gasteiger partial charge in [-0.25, -0.2) is 4.98 Å². The number of aliphatic hydroxyl groups is 1. The van der Waals surface area contributed by atoms with Crippen LogP contribution in [0.1, 0.15) is 43.4 Å². The van der Waals surface area contributed by atoms with E-state index >= 15 is 0 Å². The molecule has 5 heteroatoms. The molecule has 1 unspecified atom stereocenters. The topological polar surface area (TPSA) is 66.6 Å². The fraction of sp³-hybridized carbons (Fsp3) is 0.500. The van der Waals surface area contributed by atoms with Crippen LogP contribution in [0.3, 0.4) is 0 Å². The molecule has 2 rings (SSSR count). The van der Waals surface area contributed by atoms with Gasteiger partial charge in [-0.15, -0.1) is 0 Å². The second-order valence-electron chi connectivity index (χ2n) is 6.30. The van der Waals surface area contributed by atoms with E-state index < -0.39 is 5.60 Å². The van der Waals surface area contributed by atoms with Gasteiger partial charge < -0.3 is 14.8 Å². The molecule has 2 heterocycles. The van der Waals surface area contributed by atoms with Crippen molar-refractivity contribution in [3.05, 3.63) is 35.8 Å². The van der Waals surface area contributed by atoms with Crippen molar-refractivity contribution in [1.29, 1.82) is 0 Å². The van der Waals surface area contributed by atoms with Crippen molar-refractivity contribution in [2.75, 3.05) is 6.54 Å². The number of carbonyl (C=O) groups is 1. The lowest BCUT2D eigenvalue weighted by Crippen LogP contribution is -2.41. The van der Waals surface area contributed by atoms with E-state index in [1.807, 2.05) is 43.4 Å². The summed E-state index contributed by atoms with van der Waals surface area (Å²) in [6.07, 6.45) is 2.36. The van der Waals surface area contributed by atoms with Crippen molar-refractivity contribution in [2.24, 2.45) is 5.92 Å². The Bertz CT molecular complexity index is 644. The molecule has 0 aromatic carbocycles. The molecule has 21 heavy (non-hydrogen) atoms. The quantitative estimate of drug-likeness (QED) is 0.886. The normalized spacial score (nSPS) is 14.4. The smallest absolute Gasteiger partial charge is 0.271 e. The van der Waals surface area contributed by atoms with Crippen LogP contribution in [0, 0.1) is 12.8 Å². The van der Waals surface area contributed by atoms with Gasteiger partial charge in [0.15, 0.2) is 0 Å². The molecule has 0 saturated heterocycles. The highest BCUT2D eigenvalue weighted by Gasteiger charge is 2.23. The maximum Gasteiger partial charge on any atom is 0.271 e. The lowest BCUT2D eigenvalue weighted by Gasteiger charge is -2.25. The van der Waals surface area contributed by atoms with Crippen LogP contribution >= 0.6 is 0 Å². The number of aromatic nitrogens is 2. The van der Waals surface area contributed by atoms with Gasteiger partial charge in [0.05, 0.1) is 5.60 Å². The highest BCUT2D eigenvalue weighted by atomic mass is 16.3. The fourth-order valence-corrected chi connectivity index (χ4v) is 2.57. The van der Waals surface area contributed by atoms with Crippen molar-refractivity contribution >= 4 is 11.6 Å². The standard InChI is InChI=1S/C16H23N3O2/c1-11(2)8-16(4,21)10-17-15(20)13-9-19-12(3)6-5-7-14(19)18-13/h5-7,9,11,21H,8,10H2,1-4H3,(H,17,20). The molecule has 0 spiro atoms. The molecule has 1 atom stereocenters. The number of fused-ring (bicyclic) bond motifs is 1. The Morgan fingerprint density at radius 3 is 2.81 bits per heavy atom. The summed E-state index contributed by atoms with van der Waals surface area (Å²) in [5.74, 6) is 0.108. The van der Waals surface area contributed by atoms with Crippen LogP contribution < -0.4 is 5.32 Å². The molecule has 2 aromatic rings. The number of pyridine rings is 1. The van der Waals surface area contributed by atoms with Crippen LogP contribution in [0.15, 0.2) is 24.4 Å². The Labute approximate surface area is 125 Å². The van der Waals surface area contributed by atoms with Crippen molar-refractivity contribution in [1.82, 2.24) is 14.7 Å². The molecule has 0 aliphatic rings. The molecule has 0 saturated carbocycles. The second-order valence-corrected chi connectivity index (χ2v) is 6.30. The Balaban J connectivity index is 2.07. The molecule has 0 bridgehead atoms. The third kappa shape index (κ3) is 3.82. The SMILES string of the molecule is Cc1cccc2nc(C(=O)NCC(C)(O)CC(C)C)cn12. The molecule has 2 N–H and O–H groups in total. The van der Waals surface area contributed by atoms with Crippen molar-refractivity contribution in [3.8, 4) is 0 Å². The zero-order valence-electron chi connectivity index (χ0n) is 13.1. The van der Waals surface area contributed by atoms with E-state index in [1.165, 1.54) is 0 Å². The Hall–Kier alpha value is -1.88. The number of nitrogens with zero attached hydrogens (tertiary/aromatic N) is 2. The first-order valence-corrected chi connectivity index (χ1v) is 7.24. The first-order valence-electron chi connectivity index (χ1n) is 7.24. The molecule has 114 valence electrons. The highest BCUT2D eigenvalue weighted by Crippen LogP contribution is 2.15. The van der Waals surface area contributed by atoms with Gasteiger partial charge in [0.1, 0.15) is 11.3 Å².